The van der Waals surface area contributed by atoms with Crippen LogP contribution in [0.2, 0.25) is 0 Å². The second kappa shape index (κ2) is 7.22. The van der Waals surface area contributed by atoms with Crippen molar-refractivity contribution in [1.82, 2.24) is 9.29 Å². The number of rotatable bonds is 4. The van der Waals surface area contributed by atoms with Gasteiger partial charge in [0, 0.05) is 31.3 Å². The highest BCUT2D eigenvalue weighted by molar-refractivity contribution is 7.89. The molecule has 0 bridgehead atoms. The van der Waals surface area contributed by atoms with E-state index in [9.17, 15) is 8.42 Å². The molecular weight excluding hydrogens is 354 g/mol. The van der Waals surface area contributed by atoms with Crippen LogP contribution < -0.4 is 10.1 Å². The molecule has 7 nitrogen and oxygen atoms in total. The van der Waals surface area contributed by atoms with Crippen molar-refractivity contribution in [3.05, 3.63) is 48.2 Å². The second-order valence-corrected chi connectivity index (χ2v) is 8.21. The largest absolute Gasteiger partial charge is 0.493 e. The van der Waals surface area contributed by atoms with Gasteiger partial charge in [-0.2, -0.15) is 4.31 Å². The summed E-state index contributed by atoms with van der Waals surface area (Å²) in [6.07, 6.45) is 2.24. The lowest BCUT2D eigenvalue weighted by Gasteiger charge is -2.27. The van der Waals surface area contributed by atoms with Gasteiger partial charge in [-0.1, -0.05) is 18.2 Å². The summed E-state index contributed by atoms with van der Waals surface area (Å²) in [5, 5.41) is 3.38. The van der Waals surface area contributed by atoms with Gasteiger partial charge in [0.05, 0.1) is 25.9 Å². The van der Waals surface area contributed by atoms with Gasteiger partial charge in [-0.05, 0) is 18.2 Å². The summed E-state index contributed by atoms with van der Waals surface area (Å²) in [6.45, 7) is 2.24. The van der Waals surface area contributed by atoms with Gasteiger partial charge in [0.1, 0.15) is 16.5 Å². The van der Waals surface area contributed by atoms with Crippen molar-refractivity contribution in [3.8, 4) is 5.75 Å². The van der Waals surface area contributed by atoms with Crippen LogP contribution in [0.15, 0.2) is 47.5 Å². The zero-order valence-corrected chi connectivity index (χ0v) is 15.1. The molecule has 0 radical (unpaired) electrons. The number of sulfonamides is 1. The van der Waals surface area contributed by atoms with Crippen LogP contribution >= 0.6 is 0 Å². The molecule has 1 aromatic heterocycles. The van der Waals surface area contributed by atoms with E-state index in [0.29, 0.717) is 38.7 Å². The zero-order chi connectivity index (χ0) is 18.0. The predicted molar refractivity (Wildman–Crippen MR) is 96.7 cm³/mol. The van der Waals surface area contributed by atoms with Crippen LogP contribution in [-0.4, -0.2) is 50.6 Å². The number of para-hydroxylation sites is 1. The fraction of sp³-hybridized carbons (Fsp3) is 0.389. The maximum absolute atomic E-state index is 12.6. The normalized spacial score (nSPS) is 20.8. The highest BCUT2D eigenvalue weighted by Crippen LogP contribution is 2.33. The predicted octanol–water partition coefficient (Wildman–Crippen LogP) is 2.04. The van der Waals surface area contributed by atoms with Gasteiger partial charge in [-0.15, -0.1) is 0 Å². The molecule has 1 N–H and O–H groups in total. The van der Waals surface area contributed by atoms with Gasteiger partial charge in [0.25, 0.3) is 0 Å². The maximum Gasteiger partial charge on any atom is 0.244 e. The summed E-state index contributed by atoms with van der Waals surface area (Å²) in [5.41, 5.74) is 1.09. The number of hydrogen-bond donors (Lipinski definition) is 1. The third kappa shape index (κ3) is 3.40. The molecule has 1 aromatic carbocycles. The number of aromatic nitrogens is 1. The average Bonchev–Trinajstić information content (AvgIpc) is 2.69. The molecule has 0 aliphatic carbocycles. The van der Waals surface area contributed by atoms with Crippen LogP contribution in [0.4, 0.5) is 5.82 Å². The molecule has 8 heteroatoms. The van der Waals surface area contributed by atoms with Crippen molar-refractivity contribution < 1.29 is 17.9 Å². The first-order valence-electron chi connectivity index (χ1n) is 8.67. The first-order valence-corrected chi connectivity index (χ1v) is 10.1. The SMILES string of the molecule is O=S(=O)(c1ccc(NC2CCOc3ccccc32)nc1)N1CCOCC1. The molecule has 0 amide bonds. The highest BCUT2D eigenvalue weighted by atomic mass is 32.2. The number of hydrogen-bond acceptors (Lipinski definition) is 6. The quantitative estimate of drug-likeness (QED) is 0.881. The molecular formula is C18H21N3O4S. The van der Waals surface area contributed by atoms with E-state index in [1.807, 2.05) is 24.3 Å². The van der Waals surface area contributed by atoms with E-state index >= 15 is 0 Å². The van der Waals surface area contributed by atoms with Gasteiger partial charge < -0.3 is 14.8 Å². The highest BCUT2D eigenvalue weighted by Gasteiger charge is 2.27. The molecule has 1 atom stereocenters. The van der Waals surface area contributed by atoms with E-state index in [1.54, 1.807) is 12.1 Å². The minimum absolute atomic E-state index is 0.0918. The molecule has 1 saturated heterocycles. The fourth-order valence-corrected chi connectivity index (χ4v) is 4.58. The van der Waals surface area contributed by atoms with Gasteiger partial charge in [-0.25, -0.2) is 13.4 Å². The Morgan fingerprint density at radius 2 is 1.88 bits per heavy atom. The molecule has 1 fully saturated rings. The molecule has 0 spiro atoms. The van der Waals surface area contributed by atoms with E-state index in [2.05, 4.69) is 10.3 Å². The lowest BCUT2D eigenvalue weighted by Crippen LogP contribution is -2.40. The van der Waals surface area contributed by atoms with Crippen LogP contribution in [0, 0.1) is 0 Å². The Morgan fingerprint density at radius 3 is 2.65 bits per heavy atom. The van der Waals surface area contributed by atoms with Crippen molar-refractivity contribution in [3.63, 3.8) is 0 Å². The van der Waals surface area contributed by atoms with Gasteiger partial charge in [0.2, 0.25) is 10.0 Å². The van der Waals surface area contributed by atoms with Crippen molar-refractivity contribution in [2.24, 2.45) is 0 Å². The standard InChI is InChI=1S/C18H21N3O4S/c22-26(23,21-8-11-24-12-9-21)14-5-6-18(19-13-14)20-16-7-10-25-17-4-2-1-3-15(16)17/h1-6,13,16H,7-12H2,(H,19,20). The molecule has 4 rings (SSSR count). The number of morpholine rings is 1. The molecule has 2 aliphatic rings. The van der Waals surface area contributed by atoms with Crippen LogP contribution in [0.1, 0.15) is 18.0 Å². The van der Waals surface area contributed by atoms with Crippen LogP contribution in [0.25, 0.3) is 0 Å². The molecule has 0 saturated carbocycles. The summed E-state index contributed by atoms with van der Waals surface area (Å²) in [4.78, 5) is 4.52. The zero-order valence-electron chi connectivity index (χ0n) is 14.3. The lowest BCUT2D eigenvalue weighted by molar-refractivity contribution is 0.0730. The fourth-order valence-electron chi connectivity index (χ4n) is 3.22. The summed E-state index contributed by atoms with van der Waals surface area (Å²) in [6, 6.07) is 11.3. The minimum Gasteiger partial charge on any atom is -0.493 e. The maximum atomic E-state index is 12.6. The van der Waals surface area contributed by atoms with Crippen molar-refractivity contribution >= 4 is 15.8 Å². The van der Waals surface area contributed by atoms with E-state index in [1.165, 1.54) is 10.5 Å². The lowest BCUT2D eigenvalue weighted by atomic mass is 10.0. The summed E-state index contributed by atoms with van der Waals surface area (Å²) in [5.74, 6) is 1.52. The Kier molecular flexibility index (Phi) is 4.80. The smallest absolute Gasteiger partial charge is 0.244 e. The summed E-state index contributed by atoms with van der Waals surface area (Å²) in [7, 11) is -3.52. The van der Waals surface area contributed by atoms with Gasteiger partial charge >= 0.3 is 0 Å². The van der Waals surface area contributed by atoms with Crippen LogP contribution in [0.5, 0.6) is 5.75 Å². The van der Waals surface area contributed by atoms with Gasteiger partial charge in [0.15, 0.2) is 0 Å². The van der Waals surface area contributed by atoms with E-state index in [0.717, 1.165) is 17.7 Å². The van der Waals surface area contributed by atoms with Gasteiger partial charge in [-0.3, -0.25) is 0 Å². The number of nitrogens with one attached hydrogen (secondary N) is 1. The monoisotopic (exact) mass is 375 g/mol. The Bertz CT molecular complexity index is 864. The number of anilines is 1. The summed E-state index contributed by atoms with van der Waals surface area (Å²) >= 11 is 0. The molecule has 2 aliphatic heterocycles. The third-order valence-electron chi connectivity index (χ3n) is 4.62. The van der Waals surface area contributed by atoms with Crippen LogP contribution in [-0.2, 0) is 14.8 Å². The Balaban J connectivity index is 1.50. The topological polar surface area (TPSA) is 80.8 Å². The number of benzene rings is 1. The van der Waals surface area contributed by atoms with E-state index < -0.39 is 10.0 Å². The second-order valence-electron chi connectivity index (χ2n) is 6.27. The molecule has 2 aromatic rings. The average molecular weight is 375 g/mol. The van der Waals surface area contributed by atoms with Crippen molar-refractivity contribution in [1.29, 1.82) is 0 Å². The Labute approximate surface area is 153 Å². The van der Waals surface area contributed by atoms with E-state index in [-0.39, 0.29) is 10.9 Å². The summed E-state index contributed by atoms with van der Waals surface area (Å²) < 4.78 is 37.6. The van der Waals surface area contributed by atoms with Crippen molar-refractivity contribution in [2.45, 2.75) is 17.4 Å². The minimum atomic E-state index is -3.52. The first-order chi connectivity index (χ1) is 12.6. The first kappa shape index (κ1) is 17.3. The molecule has 1 unspecified atom stereocenters. The van der Waals surface area contributed by atoms with E-state index in [4.69, 9.17) is 9.47 Å². The number of ether oxygens (including phenoxy) is 2. The Hall–Kier alpha value is -2.16. The number of pyridine rings is 1. The molecule has 138 valence electrons. The number of fused-ring (bicyclic) bond motifs is 1. The number of nitrogens with zero attached hydrogens (tertiary/aromatic N) is 2. The molecule has 3 heterocycles. The Morgan fingerprint density at radius 1 is 1.08 bits per heavy atom. The third-order valence-corrected chi connectivity index (χ3v) is 6.51. The molecule has 26 heavy (non-hydrogen) atoms. The van der Waals surface area contributed by atoms with Crippen LogP contribution in [0.3, 0.4) is 0 Å². The van der Waals surface area contributed by atoms with Crippen molar-refractivity contribution in [2.75, 3.05) is 38.2 Å².